The highest BCUT2D eigenvalue weighted by Crippen LogP contribution is 2.30. The Morgan fingerprint density at radius 1 is 0.974 bits per heavy atom. The number of hydrogen-bond donors (Lipinski definition) is 4. The third-order valence-corrected chi connectivity index (χ3v) is 7.74. The van der Waals surface area contributed by atoms with Crippen LogP contribution in [-0.2, 0) is 0 Å². The van der Waals surface area contributed by atoms with Crippen molar-refractivity contribution in [3.05, 3.63) is 59.7 Å². The van der Waals surface area contributed by atoms with Gasteiger partial charge in [-0.1, -0.05) is 118 Å². The molecule has 0 bridgehead atoms. The van der Waals surface area contributed by atoms with E-state index in [-0.39, 0.29) is 26.9 Å². The van der Waals surface area contributed by atoms with Gasteiger partial charge < -0.3 is 21.1 Å². The van der Waals surface area contributed by atoms with E-state index in [1.54, 1.807) is 0 Å². The van der Waals surface area contributed by atoms with Gasteiger partial charge in [0, 0.05) is 42.2 Å². The quantitative estimate of drug-likeness (QED) is 0.248. The molecule has 0 saturated carbocycles. The van der Waals surface area contributed by atoms with Crippen molar-refractivity contribution in [1.82, 2.24) is 5.32 Å². The molecular weight excluding hydrogens is 521 g/mol. The molecule has 5 nitrogen and oxygen atoms in total. The van der Waals surface area contributed by atoms with Gasteiger partial charge in [0.2, 0.25) is 0 Å². The van der Waals surface area contributed by atoms with E-state index in [4.69, 9.17) is 12.2 Å². The average Bonchev–Trinajstić information content (AvgIpc) is 2.85. The molecule has 0 amide bonds. The molecule has 220 valence electrons. The molecule has 0 fully saturated rings. The molecule has 0 unspecified atom stereocenters. The number of thiocarbonyl (C=S) groups is 1. The van der Waals surface area contributed by atoms with Crippen LogP contribution in [0.25, 0.3) is 0 Å². The number of aliphatic hydroxyl groups is 1. The first kappa shape index (κ1) is 36.9. The fourth-order valence-electron chi connectivity index (χ4n) is 3.60. The zero-order valence-electron chi connectivity index (χ0n) is 23.8. The SMILES string of the molecule is C.C.CC(C)c1ccccc1NC(=S)NCC(C)(C)CO.CC(C)c1ccccc1NC1=NCC(C)(C)CS1. The molecule has 1 heterocycles. The van der Waals surface area contributed by atoms with Crippen LogP contribution in [0.15, 0.2) is 53.5 Å². The van der Waals surface area contributed by atoms with Gasteiger partial charge in [-0.3, -0.25) is 4.99 Å². The van der Waals surface area contributed by atoms with Crippen LogP contribution in [0.5, 0.6) is 0 Å². The zero-order chi connectivity index (χ0) is 27.6. The van der Waals surface area contributed by atoms with Gasteiger partial charge in [-0.15, -0.1) is 0 Å². The molecule has 1 aliphatic rings. The van der Waals surface area contributed by atoms with Crippen molar-refractivity contribution in [2.75, 3.05) is 36.1 Å². The van der Waals surface area contributed by atoms with Gasteiger partial charge in [-0.05, 0) is 52.7 Å². The molecule has 0 saturated heterocycles. The maximum absolute atomic E-state index is 9.21. The van der Waals surface area contributed by atoms with E-state index in [1.165, 1.54) is 16.8 Å². The predicted molar refractivity (Wildman–Crippen MR) is 182 cm³/mol. The number of benzene rings is 2. The Morgan fingerprint density at radius 2 is 1.49 bits per heavy atom. The smallest absolute Gasteiger partial charge is 0.170 e. The highest BCUT2D eigenvalue weighted by atomic mass is 32.2. The number of para-hydroxylation sites is 2. The molecule has 39 heavy (non-hydrogen) atoms. The standard InChI is InChI=1S/C15H24N2OS.C15H22N2S.2CH4/c1-11(2)12-7-5-6-8-13(12)17-14(19)16-9-15(3,4)10-18;1-11(2)12-7-5-6-8-13(12)17-14-16-9-15(3,4)10-18-14;;/h5-8,11,18H,9-10H2,1-4H3,(H2,16,17,19);5-8,11H,9-10H2,1-4H3,(H,16,17);2*1H4. The molecule has 7 heteroatoms. The first-order valence-corrected chi connectivity index (χ1v) is 14.5. The number of thioether (sulfide) groups is 1. The lowest BCUT2D eigenvalue weighted by atomic mass is 9.95. The lowest BCUT2D eigenvalue weighted by Crippen LogP contribution is -2.38. The minimum atomic E-state index is -0.177. The van der Waals surface area contributed by atoms with Crippen LogP contribution < -0.4 is 16.0 Å². The summed E-state index contributed by atoms with van der Waals surface area (Å²) in [6, 6.07) is 16.7. The Hall–Kier alpha value is -2.09. The summed E-state index contributed by atoms with van der Waals surface area (Å²) in [5.41, 5.74) is 4.98. The summed E-state index contributed by atoms with van der Waals surface area (Å²) in [7, 11) is 0. The Bertz CT molecular complexity index is 1050. The van der Waals surface area contributed by atoms with Gasteiger partial charge in [-0.25, -0.2) is 0 Å². The summed E-state index contributed by atoms with van der Waals surface area (Å²) >= 11 is 7.12. The maximum atomic E-state index is 9.21. The zero-order valence-corrected chi connectivity index (χ0v) is 25.4. The van der Waals surface area contributed by atoms with Crippen molar-refractivity contribution >= 4 is 45.6 Å². The Balaban J connectivity index is 0.000000705. The van der Waals surface area contributed by atoms with E-state index >= 15 is 0 Å². The van der Waals surface area contributed by atoms with Gasteiger partial charge in [-0.2, -0.15) is 0 Å². The van der Waals surface area contributed by atoms with E-state index in [2.05, 4.69) is 92.8 Å². The molecule has 1 aliphatic heterocycles. The number of aliphatic imine (C=N–C) groups is 1. The lowest BCUT2D eigenvalue weighted by Gasteiger charge is -2.27. The molecule has 0 spiro atoms. The van der Waals surface area contributed by atoms with Crippen LogP contribution in [-0.4, -0.2) is 40.8 Å². The fourth-order valence-corrected chi connectivity index (χ4v) is 4.74. The van der Waals surface area contributed by atoms with E-state index in [0.717, 1.165) is 23.2 Å². The van der Waals surface area contributed by atoms with E-state index in [0.29, 0.717) is 28.9 Å². The van der Waals surface area contributed by atoms with Crippen LogP contribution >= 0.6 is 24.0 Å². The highest BCUT2D eigenvalue weighted by molar-refractivity contribution is 8.14. The molecule has 2 aromatic rings. The second-order valence-corrected chi connectivity index (χ2v) is 13.2. The van der Waals surface area contributed by atoms with Gasteiger partial charge in [0.15, 0.2) is 10.3 Å². The molecule has 0 aromatic heterocycles. The van der Waals surface area contributed by atoms with Crippen molar-refractivity contribution in [3.8, 4) is 0 Å². The number of anilines is 2. The molecule has 2 aromatic carbocycles. The summed E-state index contributed by atoms with van der Waals surface area (Å²) in [6.45, 7) is 19.0. The van der Waals surface area contributed by atoms with Crippen molar-refractivity contribution in [1.29, 1.82) is 0 Å². The number of rotatable bonds is 7. The predicted octanol–water partition coefficient (Wildman–Crippen LogP) is 8.74. The second kappa shape index (κ2) is 16.9. The minimum Gasteiger partial charge on any atom is -0.396 e. The summed E-state index contributed by atoms with van der Waals surface area (Å²) in [6.07, 6.45) is 0. The van der Waals surface area contributed by atoms with Crippen LogP contribution in [0, 0.1) is 10.8 Å². The third kappa shape index (κ3) is 12.7. The Morgan fingerprint density at radius 3 is 1.97 bits per heavy atom. The second-order valence-electron chi connectivity index (χ2n) is 11.8. The van der Waals surface area contributed by atoms with Gasteiger partial charge in [0.25, 0.3) is 0 Å². The molecule has 0 aliphatic carbocycles. The van der Waals surface area contributed by atoms with Crippen LogP contribution in [0.2, 0.25) is 0 Å². The summed E-state index contributed by atoms with van der Waals surface area (Å²) in [5, 5.41) is 20.7. The molecular formula is C32H54N4OS2. The topological polar surface area (TPSA) is 68.7 Å². The van der Waals surface area contributed by atoms with Gasteiger partial charge >= 0.3 is 0 Å². The van der Waals surface area contributed by atoms with E-state index in [9.17, 15) is 5.11 Å². The van der Waals surface area contributed by atoms with Gasteiger partial charge in [0.1, 0.15) is 0 Å². The number of hydrogen-bond acceptors (Lipinski definition) is 5. The minimum absolute atomic E-state index is 0. The maximum Gasteiger partial charge on any atom is 0.170 e. The lowest BCUT2D eigenvalue weighted by molar-refractivity contribution is 0.162. The van der Waals surface area contributed by atoms with Gasteiger partial charge in [0.05, 0.1) is 0 Å². The molecule has 3 rings (SSSR count). The summed E-state index contributed by atoms with van der Waals surface area (Å²) in [4.78, 5) is 4.65. The summed E-state index contributed by atoms with van der Waals surface area (Å²) in [5.74, 6) is 2.10. The third-order valence-electron chi connectivity index (χ3n) is 6.06. The fraction of sp³-hybridized carbons (Fsp3) is 0.562. The first-order chi connectivity index (χ1) is 17.3. The average molecular weight is 575 g/mol. The molecule has 4 N–H and O–H groups in total. The molecule has 0 radical (unpaired) electrons. The van der Waals surface area contributed by atoms with Crippen molar-refractivity contribution < 1.29 is 5.11 Å². The Labute approximate surface area is 249 Å². The number of amidine groups is 1. The van der Waals surface area contributed by atoms with Crippen LogP contribution in [0.1, 0.15) is 93.2 Å². The van der Waals surface area contributed by atoms with Crippen LogP contribution in [0.3, 0.4) is 0 Å². The number of nitrogens with zero attached hydrogens (tertiary/aromatic N) is 1. The number of nitrogens with one attached hydrogen (secondary N) is 3. The van der Waals surface area contributed by atoms with Crippen LogP contribution in [0.4, 0.5) is 11.4 Å². The Kier molecular flexibility index (Phi) is 16.0. The van der Waals surface area contributed by atoms with Crippen molar-refractivity contribution in [3.63, 3.8) is 0 Å². The largest absolute Gasteiger partial charge is 0.396 e. The molecule has 0 atom stereocenters. The van der Waals surface area contributed by atoms with Crippen molar-refractivity contribution in [2.24, 2.45) is 15.8 Å². The van der Waals surface area contributed by atoms with E-state index < -0.39 is 0 Å². The summed E-state index contributed by atoms with van der Waals surface area (Å²) < 4.78 is 0. The highest BCUT2D eigenvalue weighted by Gasteiger charge is 2.23. The number of aliphatic hydroxyl groups excluding tert-OH is 1. The normalized spacial score (nSPS) is 14.2. The monoisotopic (exact) mass is 574 g/mol. The van der Waals surface area contributed by atoms with E-state index in [1.807, 2.05) is 43.8 Å². The first-order valence-electron chi connectivity index (χ1n) is 13.1. The van der Waals surface area contributed by atoms with Crippen molar-refractivity contribution in [2.45, 2.75) is 82.1 Å².